The SMILES string of the molecule is Cc1cc(C#CCO)cc(NC(=O)NC(C)(C)C)c1. The van der Waals surface area contributed by atoms with Crippen LogP contribution in [0.3, 0.4) is 0 Å². The molecule has 0 bridgehead atoms. The summed E-state index contributed by atoms with van der Waals surface area (Å²) in [5.41, 5.74) is 2.16. The van der Waals surface area contributed by atoms with Crippen LogP contribution in [-0.4, -0.2) is 23.3 Å². The first-order valence-corrected chi connectivity index (χ1v) is 6.11. The number of hydrogen-bond acceptors (Lipinski definition) is 2. The van der Waals surface area contributed by atoms with Crippen molar-refractivity contribution in [1.29, 1.82) is 0 Å². The average molecular weight is 260 g/mol. The molecule has 0 atom stereocenters. The first-order chi connectivity index (χ1) is 8.80. The van der Waals surface area contributed by atoms with Gasteiger partial charge in [0.25, 0.3) is 0 Å². The van der Waals surface area contributed by atoms with Gasteiger partial charge in [0.15, 0.2) is 0 Å². The molecule has 4 heteroatoms. The zero-order chi connectivity index (χ0) is 14.5. The molecule has 19 heavy (non-hydrogen) atoms. The van der Waals surface area contributed by atoms with Crippen molar-refractivity contribution in [3.05, 3.63) is 29.3 Å². The molecule has 0 heterocycles. The van der Waals surface area contributed by atoms with Gasteiger partial charge in [-0.15, -0.1) is 0 Å². The number of anilines is 1. The van der Waals surface area contributed by atoms with Crippen LogP contribution < -0.4 is 10.6 Å². The zero-order valence-electron chi connectivity index (χ0n) is 11.8. The number of aryl methyl sites for hydroxylation is 1. The highest BCUT2D eigenvalue weighted by Gasteiger charge is 2.13. The molecular weight excluding hydrogens is 240 g/mol. The number of carbonyl (C=O) groups excluding carboxylic acids is 1. The van der Waals surface area contributed by atoms with Crippen LogP contribution in [0.5, 0.6) is 0 Å². The second-order valence-corrected chi connectivity index (χ2v) is 5.38. The molecular formula is C15H20N2O2. The summed E-state index contributed by atoms with van der Waals surface area (Å²) < 4.78 is 0. The first kappa shape index (κ1) is 15.1. The number of hydrogen-bond donors (Lipinski definition) is 3. The quantitative estimate of drug-likeness (QED) is 0.678. The third kappa shape index (κ3) is 5.94. The molecule has 0 unspecified atom stereocenters. The minimum Gasteiger partial charge on any atom is -0.384 e. The second-order valence-electron chi connectivity index (χ2n) is 5.38. The molecule has 3 N–H and O–H groups in total. The summed E-state index contributed by atoms with van der Waals surface area (Å²) in [5.74, 6) is 5.41. The van der Waals surface area contributed by atoms with Crippen LogP contribution in [-0.2, 0) is 0 Å². The number of carbonyl (C=O) groups is 1. The first-order valence-electron chi connectivity index (χ1n) is 6.11. The number of amides is 2. The van der Waals surface area contributed by atoms with Gasteiger partial charge in [-0.3, -0.25) is 0 Å². The van der Waals surface area contributed by atoms with Crippen LogP contribution in [0.4, 0.5) is 10.5 Å². The van der Waals surface area contributed by atoms with E-state index in [-0.39, 0.29) is 18.2 Å². The van der Waals surface area contributed by atoms with E-state index < -0.39 is 0 Å². The van der Waals surface area contributed by atoms with E-state index in [9.17, 15) is 4.79 Å². The number of aliphatic hydroxyl groups is 1. The minimum absolute atomic E-state index is 0.179. The predicted molar refractivity (Wildman–Crippen MR) is 77.1 cm³/mol. The fourth-order valence-electron chi connectivity index (χ4n) is 1.57. The predicted octanol–water partition coefficient (Wildman–Crippen LogP) is 2.26. The minimum atomic E-state index is -0.284. The Morgan fingerprint density at radius 1 is 1.32 bits per heavy atom. The van der Waals surface area contributed by atoms with Crippen molar-refractivity contribution in [3.8, 4) is 11.8 Å². The summed E-state index contributed by atoms with van der Waals surface area (Å²) in [6, 6.07) is 5.29. The fraction of sp³-hybridized carbons (Fsp3) is 0.400. The summed E-state index contributed by atoms with van der Waals surface area (Å²) in [7, 11) is 0. The van der Waals surface area contributed by atoms with Crippen molar-refractivity contribution >= 4 is 11.7 Å². The molecule has 4 nitrogen and oxygen atoms in total. The maximum Gasteiger partial charge on any atom is 0.319 e. The van der Waals surface area contributed by atoms with Crippen LogP contribution in [0.1, 0.15) is 31.9 Å². The lowest BCUT2D eigenvalue weighted by Crippen LogP contribution is -2.43. The van der Waals surface area contributed by atoms with Crippen LogP contribution in [0.2, 0.25) is 0 Å². The fourth-order valence-corrected chi connectivity index (χ4v) is 1.57. The molecule has 0 saturated heterocycles. The monoisotopic (exact) mass is 260 g/mol. The highest BCUT2D eigenvalue weighted by Crippen LogP contribution is 2.14. The molecule has 0 fully saturated rings. The summed E-state index contributed by atoms with van der Waals surface area (Å²) in [4.78, 5) is 11.8. The van der Waals surface area contributed by atoms with Gasteiger partial charge in [0, 0.05) is 16.8 Å². The molecule has 2 amide bonds. The Morgan fingerprint density at radius 2 is 2.00 bits per heavy atom. The maximum absolute atomic E-state index is 11.8. The van der Waals surface area contributed by atoms with Crippen molar-refractivity contribution in [3.63, 3.8) is 0 Å². The Morgan fingerprint density at radius 3 is 2.58 bits per heavy atom. The van der Waals surface area contributed by atoms with Gasteiger partial charge < -0.3 is 15.7 Å². The topological polar surface area (TPSA) is 61.4 Å². The number of urea groups is 1. The van der Waals surface area contributed by atoms with Gasteiger partial charge in [-0.1, -0.05) is 11.8 Å². The Bertz CT molecular complexity index is 519. The molecule has 102 valence electrons. The van der Waals surface area contributed by atoms with E-state index in [0.717, 1.165) is 11.1 Å². The molecule has 0 radical (unpaired) electrons. The third-order valence-electron chi connectivity index (χ3n) is 2.14. The normalized spacial score (nSPS) is 10.4. The second kappa shape index (κ2) is 6.26. The van der Waals surface area contributed by atoms with Crippen LogP contribution in [0, 0.1) is 18.8 Å². The van der Waals surface area contributed by atoms with E-state index in [4.69, 9.17) is 5.11 Å². The molecule has 1 rings (SSSR count). The van der Waals surface area contributed by atoms with Crippen molar-refractivity contribution < 1.29 is 9.90 Å². The van der Waals surface area contributed by atoms with Gasteiger partial charge in [0.05, 0.1) is 0 Å². The van der Waals surface area contributed by atoms with Gasteiger partial charge in [-0.05, 0) is 51.5 Å². The summed E-state index contributed by atoms with van der Waals surface area (Å²) in [6.45, 7) is 7.50. The van der Waals surface area contributed by atoms with Gasteiger partial charge in [0.2, 0.25) is 0 Å². The van der Waals surface area contributed by atoms with Crippen LogP contribution in [0.25, 0.3) is 0 Å². The van der Waals surface area contributed by atoms with Gasteiger partial charge in [0.1, 0.15) is 6.61 Å². The molecule has 0 spiro atoms. The standard InChI is InChI=1S/C15H20N2O2/c1-11-8-12(6-5-7-18)10-13(9-11)16-14(19)17-15(2,3)4/h8-10,18H,7H2,1-4H3,(H2,16,17,19). The lowest BCUT2D eigenvalue weighted by molar-refractivity contribution is 0.244. The van der Waals surface area contributed by atoms with Crippen molar-refractivity contribution in [2.45, 2.75) is 33.2 Å². The van der Waals surface area contributed by atoms with Crippen LogP contribution in [0.15, 0.2) is 18.2 Å². The molecule has 0 aromatic heterocycles. The van der Waals surface area contributed by atoms with E-state index in [1.807, 2.05) is 39.8 Å². The largest absolute Gasteiger partial charge is 0.384 e. The molecule has 1 aromatic rings. The summed E-state index contributed by atoms with van der Waals surface area (Å²) in [5, 5.41) is 14.3. The lowest BCUT2D eigenvalue weighted by atomic mass is 10.1. The summed E-state index contributed by atoms with van der Waals surface area (Å²) in [6.07, 6.45) is 0. The maximum atomic E-state index is 11.8. The lowest BCUT2D eigenvalue weighted by Gasteiger charge is -2.20. The Balaban J connectivity index is 2.84. The molecule has 1 aromatic carbocycles. The van der Waals surface area contributed by atoms with Crippen molar-refractivity contribution in [2.24, 2.45) is 0 Å². The zero-order valence-corrected chi connectivity index (χ0v) is 11.8. The number of aliphatic hydroxyl groups excluding tert-OH is 1. The molecule has 0 aliphatic carbocycles. The Labute approximate surface area is 114 Å². The Hall–Kier alpha value is -1.99. The van der Waals surface area contributed by atoms with Crippen LogP contribution >= 0.6 is 0 Å². The van der Waals surface area contributed by atoms with Gasteiger partial charge >= 0.3 is 6.03 Å². The highest BCUT2D eigenvalue weighted by atomic mass is 16.2. The van der Waals surface area contributed by atoms with Crippen molar-refractivity contribution in [2.75, 3.05) is 11.9 Å². The van der Waals surface area contributed by atoms with E-state index in [1.165, 1.54) is 0 Å². The van der Waals surface area contributed by atoms with E-state index in [2.05, 4.69) is 22.5 Å². The Kier molecular flexibility index (Phi) is 4.96. The smallest absolute Gasteiger partial charge is 0.319 e. The van der Waals surface area contributed by atoms with Gasteiger partial charge in [-0.25, -0.2) is 4.79 Å². The summed E-state index contributed by atoms with van der Waals surface area (Å²) >= 11 is 0. The highest BCUT2D eigenvalue weighted by molar-refractivity contribution is 5.90. The third-order valence-corrected chi connectivity index (χ3v) is 2.14. The van der Waals surface area contributed by atoms with Gasteiger partial charge in [-0.2, -0.15) is 0 Å². The molecule has 0 aliphatic rings. The molecule has 0 aliphatic heterocycles. The van der Waals surface area contributed by atoms with Crippen molar-refractivity contribution in [1.82, 2.24) is 5.32 Å². The van der Waals surface area contributed by atoms with E-state index in [1.54, 1.807) is 6.07 Å². The number of benzene rings is 1. The van der Waals surface area contributed by atoms with E-state index >= 15 is 0 Å². The molecule has 0 saturated carbocycles. The number of nitrogens with one attached hydrogen (secondary N) is 2. The average Bonchev–Trinajstić information content (AvgIpc) is 2.22. The number of rotatable bonds is 1. The van der Waals surface area contributed by atoms with E-state index in [0.29, 0.717) is 5.69 Å².